The molecule has 11 heavy (non-hydrogen) atoms. The number of aromatic nitrogens is 2. The first-order chi connectivity index (χ1) is 4.93. The van der Waals surface area contributed by atoms with Gasteiger partial charge in [-0.2, -0.15) is 5.10 Å². The number of nitrogens with zero attached hydrogens (tertiary/aromatic N) is 2. The van der Waals surface area contributed by atoms with E-state index in [1.54, 1.807) is 24.7 Å². The molecule has 3 nitrogen and oxygen atoms in total. The Kier molecular flexibility index (Phi) is 1.76. The topological polar surface area (TPSA) is 38.1 Å². The van der Waals surface area contributed by atoms with Gasteiger partial charge in [0.05, 0.1) is 11.8 Å². The zero-order valence-electron chi connectivity index (χ0n) is 7.42. The zero-order valence-corrected chi connectivity index (χ0v) is 7.42. The summed E-state index contributed by atoms with van der Waals surface area (Å²) in [5.74, 6) is 0. The molecule has 0 fully saturated rings. The quantitative estimate of drug-likeness (QED) is 0.654. The summed E-state index contributed by atoms with van der Waals surface area (Å²) >= 11 is 0. The predicted octanol–water partition coefficient (Wildman–Crippen LogP) is 0.956. The monoisotopic (exact) mass is 154 g/mol. The van der Waals surface area contributed by atoms with Crippen LogP contribution < -0.4 is 0 Å². The summed E-state index contributed by atoms with van der Waals surface area (Å²) in [7, 11) is 1.87. The zero-order chi connectivity index (χ0) is 8.65. The highest BCUT2D eigenvalue weighted by Crippen LogP contribution is 2.21. The van der Waals surface area contributed by atoms with Crippen molar-refractivity contribution in [1.29, 1.82) is 0 Å². The molecule has 0 saturated carbocycles. The van der Waals surface area contributed by atoms with Crippen molar-refractivity contribution in [2.45, 2.75) is 26.4 Å². The summed E-state index contributed by atoms with van der Waals surface area (Å²) in [5, 5.41) is 13.7. The third-order valence-electron chi connectivity index (χ3n) is 1.89. The molecule has 0 aliphatic carbocycles. The van der Waals surface area contributed by atoms with Crippen LogP contribution in [0.5, 0.6) is 0 Å². The normalized spacial score (nSPS) is 12.1. The Morgan fingerprint density at radius 3 is 2.27 bits per heavy atom. The van der Waals surface area contributed by atoms with Crippen LogP contribution in [0.1, 0.15) is 25.1 Å². The average molecular weight is 154 g/mol. The van der Waals surface area contributed by atoms with E-state index in [0.29, 0.717) is 0 Å². The third kappa shape index (κ3) is 1.43. The van der Waals surface area contributed by atoms with Crippen molar-refractivity contribution in [2.24, 2.45) is 7.05 Å². The van der Waals surface area contributed by atoms with E-state index in [1.165, 1.54) is 0 Å². The summed E-state index contributed by atoms with van der Waals surface area (Å²) in [6, 6.07) is 0. The fourth-order valence-electron chi connectivity index (χ4n) is 1.10. The summed E-state index contributed by atoms with van der Waals surface area (Å²) < 4.78 is 1.76. The molecule has 0 aliphatic rings. The average Bonchev–Trinajstić information content (AvgIpc) is 2.11. The predicted molar refractivity (Wildman–Crippen MR) is 43.2 cm³/mol. The first-order valence-corrected chi connectivity index (χ1v) is 3.64. The van der Waals surface area contributed by atoms with Crippen molar-refractivity contribution in [3.8, 4) is 0 Å². The smallest absolute Gasteiger partial charge is 0.0873 e. The highest BCUT2D eigenvalue weighted by Gasteiger charge is 2.20. The molecule has 0 amide bonds. The van der Waals surface area contributed by atoms with Crippen LogP contribution in [0.4, 0.5) is 0 Å². The molecule has 1 aromatic rings. The van der Waals surface area contributed by atoms with Crippen molar-refractivity contribution in [2.75, 3.05) is 0 Å². The third-order valence-corrected chi connectivity index (χ3v) is 1.89. The van der Waals surface area contributed by atoms with Gasteiger partial charge in [-0.15, -0.1) is 0 Å². The van der Waals surface area contributed by atoms with Crippen LogP contribution in [0.2, 0.25) is 0 Å². The summed E-state index contributed by atoms with van der Waals surface area (Å²) in [6.45, 7) is 5.47. The van der Waals surface area contributed by atoms with Crippen molar-refractivity contribution in [1.82, 2.24) is 9.78 Å². The molecule has 0 spiro atoms. The Balaban J connectivity index is 3.15. The molecule has 0 radical (unpaired) electrons. The number of hydrogen-bond donors (Lipinski definition) is 1. The largest absolute Gasteiger partial charge is 0.386 e. The van der Waals surface area contributed by atoms with Crippen molar-refractivity contribution in [3.05, 3.63) is 17.5 Å². The standard InChI is InChI=1S/C8H14N2O/c1-6-7(8(2,3)11)5-9-10(6)4/h5,11H,1-4H3. The first-order valence-electron chi connectivity index (χ1n) is 3.64. The second-order valence-corrected chi connectivity index (χ2v) is 3.33. The lowest BCUT2D eigenvalue weighted by atomic mass is 10.00. The Labute approximate surface area is 66.7 Å². The molecule has 0 unspecified atom stereocenters. The highest BCUT2D eigenvalue weighted by atomic mass is 16.3. The molecule has 0 atom stereocenters. The van der Waals surface area contributed by atoms with E-state index < -0.39 is 5.60 Å². The summed E-state index contributed by atoms with van der Waals surface area (Å²) in [4.78, 5) is 0. The molecule has 3 heteroatoms. The molecule has 0 saturated heterocycles. The maximum absolute atomic E-state index is 9.63. The van der Waals surface area contributed by atoms with Gasteiger partial charge in [0.15, 0.2) is 0 Å². The van der Waals surface area contributed by atoms with Crippen LogP contribution in [-0.2, 0) is 12.6 Å². The van der Waals surface area contributed by atoms with Gasteiger partial charge < -0.3 is 5.11 Å². The van der Waals surface area contributed by atoms with Crippen molar-refractivity contribution >= 4 is 0 Å². The van der Waals surface area contributed by atoms with Crippen LogP contribution >= 0.6 is 0 Å². The van der Waals surface area contributed by atoms with Crippen LogP contribution in [-0.4, -0.2) is 14.9 Å². The van der Waals surface area contributed by atoms with E-state index in [-0.39, 0.29) is 0 Å². The second kappa shape index (κ2) is 2.34. The van der Waals surface area contributed by atoms with Crippen LogP contribution in [0.15, 0.2) is 6.20 Å². The van der Waals surface area contributed by atoms with Gasteiger partial charge in [-0.05, 0) is 20.8 Å². The second-order valence-electron chi connectivity index (χ2n) is 3.33. The molecule has 1 aromatic heterocycles. The molecular weight excluding hydrogens is 140 g/mol. The number of rotatable bonds is 1. The Morgan fingerprint density at radius 2 is 2.09 bits per heavy atom. The maximum atomic E-state index is 9.63. The summed E-state index contributed by atoms with van der Waals surface area (Å²) in [6.07, 6.45) is 1.70. The van der Waals surface area contributed by atoms with Gasteiger partial charge in [0.2, 0.25) is 0 Å². The molecule has 0 aliphatic heterocycles. The lowest BCUT2D eigenvalue weighted by molar-refractivity contribution is 0.0778. The Morgan fingerprint density at radius 1 is 1.55 bits per heavy atom. The van der Waals surface area contributed by atoms with Gasteiger partial charge >= 0.3 is 0 Å². The lowest BCUT2D eigenvalue weighted by Gasteiger charge is -2.16. The van der Waals surface area contributed by atoms with E-state index in [0.717, 1.165) is 11.3 Å². The molecule has 0 bridgehead atoms. The minimum atomic E-state index is -0.779. The van der Waals surface area contributed by atoms with Gasteiger partial charge in [0.1, 0.15) is 0 Å². The molecule has 62 valence electrons. The fraction of sp³-hybridized carbons (Fsp3) is 0.625. The van der Waals surface area contributed by atoms with E-state index in [9.17, 15) is 5.11 Å². The molecule has 0 aromatic carbocycles. The highest BCUT2D eigenvalue weighted by molar-refractivity contribution is 5.21. The van der Waals surface area contributed by atoms with Crippen molar-refractivity contribution in [3.63, 3.8) is 0 Å². The molecule has 1 rings (SSSR count). The van der Waals surface area contributed by atoms with E-state index in [2.05, 4.69) is 5.10 Å². The Bertz CT molecular complexity index is 258. The summed E-state index contributed by atoms with van der Waals surface area (Å²) in [5.41, 5.74) is 1.12. The van der Waals surface area contributed by atoms with Gasteiger partial charge in [-0.3, -0.25) is 4.68 Å². The van der Waals surface area contributed by atoms with Gasteiger partial charge in [-0.1, -0.05) is 0 Å². The van der Waals surface area contributed by atoms with Crippen LogP contribution in [0.25, 0.3) is 0 Å². The van der Waals surface area contributed by atoms with Gasteiger partial charge in [-0.25, -0.2) is 0 Å². The number of aryl methyl sites for hydroxylation is 1. The SMILES string of the molecule is Cc1c(C(C)(C)O)cnn1C. The van der Waals surface area contributed by atoms with E-state index in [1.807, 2.05) is 14.0 Å². The van der Waals surface area contributed by atoms with E-state index >= 15 is 0 Å². The molecule has 1 heterocycles. The van der Waals surface area contributed by atoms with Gasteiger partial charge in [0, 0.05) is 18.3 Å². The van der Waals surface area contributed by atoms with Crippen LogP contribution in [0, 0.1) is 6.92 Å². The van der Waals surface area contributed by atoms with Crippen molar-refractivity contribution < 1.29 is 5.11 Å². The van der Waals surface area contributed by atoms with E-state index in [4.69, 9.17) is 0 Å². The number of hydrogen-bond acceptors (Lipinski definition) is 2. The molecule has 1 N–H and O–H groups in total. The molecular formula is C8H14N2O. The maximum Gasteiger partial charge on any atom is 0.0873 e. The Hall–Kier alpha value is -0.830. The minimum Gasteiger partial charge on any atom is -0.386 e. The van der Waals surface area contributed by atoms with Crippen LogP contribution in [0.3, 0.4) is 0 Å². The number of aliphatic hydroxyl groups is 1. The first kappa shape index (κ1) is 8.27. The lowest BCUT2D eigenvalue weighted by Crippen LogP contribution is -2.16. The fourth-order valence-corrected chi connectivity index (χ4v) is 1.10. The minimum absolute atomic E-state index is 0.779. The van der Waals surface area contributed by atoms with Gasteiger partial charge in [0.25, 0.3) is 0 Å².